The molecule has 0 amide bonds. The maximum Gasteiger partial charge on any atom is 0.204 e. The van der Waals surface area contributed by atoms with Crippen molar-refractivity contribution in [2.75, 3.05) is 11.9 Å². The van der Waals surface area contributed by atoms with Gasteiger partial charge in [-0.2, -0.15) is 5.21 Å². The highest BCUT2D eigenvalue weighted by Crippen LogP contribution is 2.47. The van der Waals surface area contributed by atoms with E-state index in [1.807, 2.05) is 36.4 Å². The van der Waals surface area contributed by atoms with Crippen molar-refractivity contribution in [1.29, 1.82) is 0 Å². The van der Waals surface area contributed by atoms with E-state index in [2.05, 4.69) is 48.0 Å². The van der Waals surface area contributed by atoms with Crippen molar-refractivity contribution in [2.24, 2.45) is 5.92 Å². The zero-order chi connectivity index (χ0) is 21.3. The van der Waals surface area contributed by atoms with Crippen LogP contribution in [0.2, 0.25) is 0 Å². The molecule has 0 radical (unpaired) electrons. The molecule has 0 saturated heterocycles. The van der Waals surface area contributed by atoms with Crippen LogP contribution in [-0.2, 0) is 5.41 Å². The summed E-state index contributed by atoms with van der Waals surface area (Å²) in [7, 11) is 0. The lowest BCUT2D eigenvalue weighted by Crippen LogP contribution is -2.47. The van der Waals surface area contributed by atoms with Gasteiger partial charge >= 0.3 is 0 Å². The number of aromatic nitrogens is 7. The minimum Gasteiger partial charge on any atom is -0.368 e. The second-order valence-electron chi connectivity index (χ2n) is 8.10. The fourth-order valence-corrected chi connectivity index (χ4v) is 4.41. The summed E-state index contributed by atoms with van der Waals surface area (Å²) in [6.07, 6.45) is 3.44. The molecule has 31 heavy (non-hydrogen) atoms. The zero-order valence-corrected chi connectivity index (χ0v) is 17.0. The van der Waals surface area contributed by atoms with E-state index in [9.17, 15) is 4.39 Å². The Morgan fingerprint density at radius 1 is 1.06 bits per heavy atom. The Balaban J connectivity index is 1.32. The van der Waals surface area contributed by atoms with Gasteiger partial charge in [-0.1, -0.05) is 25.1 Å². The van der Waals surface area contributed by atoms with E-state index in [0.29, 0.717) is 29.8 Å². The fraction of sp³-hybridized carbons (Fsp3) is 0.273. The van der Waals surface area contributed by atoms with Crippen LogP contribution in [0.3, 0.4) is 0 Å². The number of aromatic amines is 1. The third kappa shape index (κ3) is 3.74. The second-order valence-corrected chi connectivity index (χ2v) is 8.10. The number of halogens is 1. The van der Waals surface area contributed by atoms with Crippen LogP contribution in [0.25, 0.3) is 22.6 Å². The quantitative estimate of drug-likeness (QED) is 0.494. The summed E-state index contributed by atoms with van der Waals surface area (Å²) in [5.41, 5.74) is 2.70. The number of rotatable bonds is 6. The predicted octanol–water partition coefficient (Wildman–Crippen LogP) is 3.64. The lowest BCUT2D eigenvalue weighted by Gasteiger charge is -2.46. The second kappa shape index (κ2) is 7.82. The van der Waals surface area contributed by atoms with Crippen molar-refractivity contribution in [3.05, 3.63) is 66.2 Å². The average Bonchev–Trinajstić information content (AvgIpc) is 3.32. The van der Waals surface area contributed by atoms with Crippen LogP contribution in [0, 0.1) is 11.7 Å². The van der Waals surface area contributed by atoms with E-state index in [1.165, 1.54) is 6.07 Å². The van der Waals surface area contributed by atoms with E-state index in [-0.39, 0.29) is 11.2 Å². The number of tetrazole rings is 1. The molecule has 2 N–H and O–H groups in total. The maximum atomic E-state index is 14.4. The predicted molar refractivity (Wildman–Crippen MR) is 113 cm³/mol. The molecule has 0 aliphatic heterocycles. The first kappa shape index (κ1) is 19.2. The van der Waals surface area contributed by atoms with E-state index < -0.39 is 0 Å². The number of H-pyrrole nitrogens is 1. The standard InChI is InChI=1S/C22H21FN8/c1-14-11-22(12-14,20-17(23)6-3-9-24-20)13-25-19-8-7-18(26-27-19)15-4-2-5-16(10-15)21-28-30-31-29-21/h2-10,14H,11-13H2,1H3,(H,25,27)(H,28,29,30,31). The zero-order valence-electron chi connectivity index (χ0n) is 17.0. The summed E-state index contributed by atoms with van der Waals surface area (Å²) in [6, 6.07) is 14.6. The van der Waals surface area contributed by atoms with Crippen LogP contribution in [0.15, 0.2) is 54.7 Å². The summed E-state index contributed by atoms with van der Waals surface area (Å²) in [4.78, 5) is 4.33. The Morgan fingerprint density at radius 2 is 1.94 bits per heavy atom. The molecule has 156 valence electrons. The van der Waals surface area contributed by atoms with Gasteiger partial charge in [-0.15, -0.1) is 20.4 Å². The molecule has 4 aromatic rings. The summed E-state index contributed by atoms with van der Waals surface area (Å²) in [5, 5.41) is 26.1. The van der Waals surface area contributed by atoms with E-state index >= 15 is 0 Å². The Hall–Kier alpha value is -3.75. The lowest BCUT2D eigenvalue weighted by molar-refractivity contribution is 0.159. The van der Waals surface area contributed by atoms with Gasteiger partial charge in [-0.05, 0) is 54.3 Å². The average molecular weight is 416 g/mol. The molecule has 1 aromatic carbocycles. The topological polar surface area (TPSA) is 105 Å². The Labute approximate surface area is 178 Å². The highest BCUT2D eigenvalue weighted by atomic mass is 19.1. The lowest BCUT2D eigenvalue weighted by atomic mass is 9.60. The Kier molecular flexibility index (Phi) is 4.85. The van der Waals surface area contributed by atoms with Crippen LogP contribution in [0.1, 0.15) is 25.5 Å². The van der Waals surface area contributed by atoms with Gasteiger partial charge in [0.1, 0.15) is 11.6 Å². The number of anilines is 1. The molecular formula is C22H21FN8. The number of benzene rings is 1. The van der Waals surface area contributed by atoms with Gasteiger partial charge in [-0.25, -0.2) is 4.39 Å². The summed E-state index contributed by atoms with van der Waals surface area (Å²) in [5.74, 6) is 1.46. The molecule has 0 atom stereocenters. The molecule has 3 heterocycles. The number of hydrogen-bond donors (Lipinski definition) is 2. The molecule has 0 bridgehead atoms. The van der Waals surface area contributed by atoms with E-state index in [1.54, 1.807) is 12.3 Å². The van der Waals surface area contributed by atoms with Gasteiger partial charge in [0.2, 0.25) is 5.82 Å². The molecule has 1 aliphatic rings. The highest BCUT2D eigenvalue weighted by molar-refractivity contribution is 5.67. The number of hydrogen-bond acceptors (Lipinski definition) is 7. The van der Waals surface area contributed by atoms with Gasteiger partial charge in [0.25, 0.3) is 0 Å². The molecule has 0 spiro atoms. The molecule has 9 heteroatoms. The Morgan fingerprint density at radius 3 is 2.65 bits per heavy atom. The van der Waals surface area contributed by atoms with Crippen LogP contribution in [0.5, 0.6) is 0 Å². The molecule has 8 nitrogen and oxygen atoms in total. The van der Waals surface area contributed by atoms with Crippen LogP contribution in [0.4, 0.5) is 10.2 Å². The molecule has 3 aromatic heterocycles. The van der Waals surface area contributed by atoms with Crippen molar-refractivity contribution in [1.82, 2.24) is 35.8 Å². The van der Waals surface area contributed by atoms with Crippen molar-refractivity contribution in [3.63, 3.8) is 0 Å². The summed E-state index contributed by atoms with van der Waals surface area (Å²) >= 11 is 0. The normalized spacial score (nSPS) is 20.3. The van der Waals surface area contributed by atoms with Crippen LogP contribution >= 0.6 is 0 Å². The maximum absolute atomic E-state index is 14.4. The summed E-state index contributed by atoms with van der Waals surface area (Å²) in [6.45, 7) is 2.74. The molecule has 1 saturated carbocycles. The van der Waals surface area contributed by atoms with Crippen molar-refractivity contribution in [3.8, 4) is 22.6 Å². The fourth-order valence-electron chi connectivity index (χ4n) is 4.41. The van der Waals surface area contributed by atoms with E-state index in [4.69, 9.17) is 0 Å². The first-order valence-corrected chi connectivity index (χ1v) is 10.2. The van der Waals surface area contributed by atoms with Crippen molar-refractivity contribution >= 4 is 5.82 Å². The smallest absolute Gasteiger partial charge is 0.204 e. The third-order valence-corrected chi connectivity index (χ3v) is 5.77. The van der Waals surface area contributed by atoms with Crippen LogP contribution in [-0.4, -0.2) is 42.4 Å². The van der Waals surface area contributed by atoms with Crippen molar-refractivity contribution in [2.45, 2.75) is 25.2 Å². The summed E-state index contributed by atoms with van der Waals surface area (Å²) < 4.78 is 14.4. The third-order valence-electron chi connectivity index (χ3n) is 5.77. The number of nitrogens with one attached hydrogen (secondary N) is 2. The number of pyridine rings is 1. The first-order valence-electron chi connectivity index (χ1n) is 10.2. The molecular weight excluding hydrogens is 395 g/mol. The molecule has 1 fully saturated rings. The highest BCUT2D eigenvalue weighted by Gasteiger charge is 2.46. The number of nitrogens with zero attached hydrogens (tertiary/aromatic N) is 6. The minimum atomic E-state index is -0.315. The molecule has 5 rings (SSSR count). The van der Waals surface area contributed by atoms with E-state index in [0.717, 1.165) is 29.7 Å². The van der Waals surface area contributed by atoms with Crippen molar-refractivity contribution < 1.29 is 4.39 Å². The SMILES string of the molecule is CC1CC(CNc2ccc(-c3cccc(-c4nn[nH]n4)c3)nn2)(c2ncccc2F)C1. The molecule has 1 aliphatic carbocycles. The van der Waals surface area contributed by atoms with Gasteiger partial charge in [0.05, 0.1) is 11.4 Å². The minimum absolute atomic E-state index is 0.251. The van der Waals surface area contributed by atoms with Gasteiger partial charge in [0.15, 0.2) is 0 Å². The largest absolute Gasteiger partial charge is 0.368 e. The van der Waals surface area contributed by atoms with Gasteiger partial charge in [-0.3, -0.25) is 4.98 Å². The van der Waals surface area contributed by atoms with Gasteiger partial charge in [0, 0.05) is 29.3 Å². The molecule has 0 unspecified atom stereocenters. The monoisotopic (exact) mass is 416 g/mol. The first-order chi connectivity index (χ1) is 15.1. The Bertz CT molecular complexity index is 1170. The van der Waals surface area contributed by atoms with Gasteiger partial charge < -0.3 is 5.32 Å². The van der Waals surface area contributed by atoms with Crippen LogP contribution < -0.4 is 5.32 Å².